The highest BCUT2D eigenvalue weighted by molar-refractivity contribution is 7.99. The number of ether oxygens (including phenoxy) is 2. The highest BCUT2D eigenvalue weighted by Crippen LogP contribution is 2.41. The first-order chi connectivity index (χ1) is 9.74. The lowest BCUT2D eigenvalue weighted by Crippen LogP contribution is -1.99. The molecule has 0 aliphatic rings. The van der Waals surface area contributed by atoms with E-state index in [2.05, 4.69) is 37.3 Å². The van der Waals surface area contributed by atoms with Crippen molar-refractivity contribution >= 4 is 11.8 Å². The monoisotopic (exact) mass is 288 g/mol. The Labute approximate surface area is 125 Å². The molecule has 0 unspecified atom stereocenters. The van der Waals surface area contributed by atoms with E-state index in [0.29, 0.717) is 13.2 Å². The standard InChI is InChI=1S/C17H20O2S/c1-4-18-15-7-6-8-16(17(15)19-5-2)20-14-11-9-13(3)10-12-14/h6-12H,4-5H2,1-3H3. The first-order valence-electron chi connectivity index (χ1n) is 6.87. The van der Waals surface area contributed by atoms with E-state index in [1.54, 1.807) is 11.8 Å². The number of para-hydroxylation sites is 1. The quantitative estimate of drug-likeness (QED) is 0.749. The van der Waals surface area contributed by atoms with E-state index < -0.39 is 0 Å². The van der Waals surface area contributed by atoms with Crippen LogP contribution in [0.15, 0.2) is 52.3 Å². The van der Waals surface area contributed by atoms with Gasteiger partial charge in [-0.3, -0.25) is 0 Å². The van der Waals surface area contributed by atoms with Gasteiger partial charge in [-0.1, -0.05) is 35.5 Å². The third-order valence-electron chi connectivity index (χ3n) is 2.78. The molecule has 20 heavy (non-hydrogen) atoms. The zero-order chi connectivity index (χ0) is 14.4. The van der Waals surface area contributed by atoms with E-state index in [4.69, 9.17) is 9.47 Å². The van der Waals surface area contributed by atoms with Crippen LogP contribution in [0, 0.1) is 6.92 Å². The summed E-state index contributed by atoms with van der Waals surface area (Å²) in [5.74, 6) is 1.65. The maximum Gasteiger partial charge on any atom is 0.175 e. The van der Waals surface area contributed by atoms with Crippen LogP contribution in [0.2, 0.25) is 0 Å². The van der Waals surface area contributed by atoms with Gasteiger partial charge in [0.05, 0.1) is 18.1 Å². The molecule has 0 fully saturated rings. The van der Waals surface area contributed by atoms with Gasteiger partial charge in [-0.25, -0.2) is 0 Å². The molecule has 0 heterocycles. The fraction of sp³-hybridized carbons (Fsp3) is 0.294. The molecule has 2 rings (SSSR count). The molecule has 0 saturated heterocycles. The van der Waals surface area contributed by atoms with E-state index in [9.17, 15) is 0 Å². The molecule has 2 aromatic rings. The highest BCUT2D eigenvalue weighted by atomic mass is 32.2. The Balaban J connectivity index is 2.29. The molecule has 0 aliphatic heterocycles. The van der Waals surface area contributed by atoms with Crippen LogP contribution in [0.1, 0.15) is 19.4 Å². The van der Waals surface area contributed by atoms with Gasteiger partial charge in [0.1, 0.15) is 0 Å². The normalized spacial score (nSPS) is 10.3. The van der Waals surface area contributed by atoms with Gasteiger partial charge >= 0.3 is 0 Å². The maximum atomic E-state index is 5.77. The van der Waals surface area contributed by atoms with Crippen molar-refractivity contribution in [3.63, 3.8) is 0 Å². The Hall–Kier alpha value is -1.61. The van der Waals surface area contributed by atoms with Crippen molar-refractivity contribution in [1.29, 1.82) is 0 Å². The summed E-state index contributed by atoms with van der Waals surface area (Å²) in [6.45, 7) is 7.33. The van der Waals surface area contributed by atoms with E-state index in [1.807, 2.05) is 26.0 Å². The smallest absolute Gasteiger partial charge is 0.175 e. The third-order valence-corrected chi connectivity index (χ3v) is 3.83. The van der Waals surface area contributed by atoms with Crippen LogP contribution in [0.5, 0.6) is 11.5 Å². The SMILES string of the molecule is CCOc1cccc(Sc2ccc(C)cc2)c1OCC. The molecule has 0 saturated carbocycles. The molecule has 0 aromatic heterocycles. The van der Waals surface area contributed by atoms with Crippen LogP contribution in [-0.2, 0) is 0 Å². The molecule has 0 aliphatic carbocycles. The average Bonchev–Trinajstić information content (AvgIpc) is 2.45. The first-order valence-corrected chi connectivity index (χ1v) is 7.69. The van der Waals surface area contributed by atoms with Crippen LogP contribution in [0.25, 0.3) is 0 Å². The van der Waals surface area contributed by atoms with Crippen molar-refractivity contribution in [3.05, 3.63) is 48.0 Å². The second kappa shape index (κ2) is 7.25. The van der Waals surface area contributed by atoms with Crippen LogP contribution >= 0.6 is 11.8 Å². The molecule has 2 aromatic carbocycles. The zero-order valence-electron chi connectivity index (χ0n) is 12.2. The van der Waals surface area contributed by atoms with E-state index in [1.165, 1.54) is 10.5 Å². The minimum atomic E-state index is 0.631. The van der Waals surface area contributed by atoms with E-state index >= 15 is 0 Å². The van der Waals surface area contributed by atoms with Gasteiger partial charge in [-0.05, 0) is 45.0 Å². The summed E-state index contributed by atoms with van der Waals surface area (Å²) in [4.78, 5) is 2.28. The molecular formula is C17H20O2S. The first kappa shape index (κ1) is 14.8. The van der Waals surface area contributed by atoms with E-state index in [-0.39, 0.29) is 0 Å². The maximum absolute atomic E-state index is 5.77. The van der Waals surface area contributed by atoms with Crippen molar-refractivity contribution in [3.8, 4) is 11.5 Å². The predicted molar refractivity (Wildman–Crippen MR) is 84.1 cm³/mol. The number of aryl methyl sites for hydroxylation is 1. The van der Waals surface area contributed by atoms with Gasteiger partial charge < -0.3 is 9.47 Å². The molecule has 0 bridgehead atoms. The molecule has 0 spiro atoms. The topological polar surface area (TPSA) is 18.5 Å². The summed E-state index contributed by atoms with van der Waals surface area (Å²) in [6, 6.07) is 14.5. The molecule has 0 atom stereocenters. The highest BCUT2D eigenvalue weighted by Gasteiger charge is 2.11. The Kier molecular flexibility index (Phi) is 5.36. The summed E-state index contributed by atoms with van der Waals surface area (Å²) in [7, 11) is 0. The van der Waals surface area contributed by atoms with Crippen molar-refractivity contribution < 1.29 is 9.47 Å². The summed E-state index contributed by atoms with van der Waals surface area (Å²) in [6.07, 6.45) is 0. The number of hydrogen-bond acceptors (Lipinski definition) is 3. The lowest BCUT2D eigenvalue weighted by atomic mass is 10.2. The van der Waals surface area contributed by atoms with Crippen molar-refractivity contribution in [2.75, 3.05) is 13.2 Å². The van der Waals surface area contributed by atoms with Gasteiger partial charge in [0.15, 0.2) is 11.5 Å². The average molecular weight is 288 g/mol. The fourth-order valence-electron chi connectivity index (χ4n) is 1.87. The molecule has 106 valence electrons. The van der Waals surface area contributed by atoms with E-state index in [0.717, 1.165) is 16.4 Å². The van der Waals surface area contributed by atoms with Crippen molar-refractivity contribution in [1.82, 2.24) is 0 Å². The fourth-order valence-corrected chi connectivity index (χ4v) is 2.79. The molecule has 0 radical (unpaired) electrons. The Morgan fingerprint density at radius 3 is 2.25 bits per heavy atom. The second-order valence-corrected chi connectivity index (χ2v) is 5.48. The lowest BCUT2D eigenvalue weighted by molar-refractivity contribution is 0.282. The minimum absolute atomic E-state index is 0.631. The molecule has 0 amide bonds. The molecule has 3 heteroatoms. The van der Waals surface area contributed by atoms with Gasteiger partial charge in [-0.2, -0.15) is 0 Å². The molecular weight excluding hydrogens is 268 g/mol. The zero-order valence-corrected chi connectivity index (χ0v) is 13.0. The summed E-state index contributed by atoms with van der Waals surface area (Å²) < 4.78 is 11.4. The number of rotatable bonds is 6. The Morgan fingerprint density at radius 2 is 1.60 bits per heavy atom. The van der Waals surface area contributed by atoms with Gasteiger partial charge in [0.25, 0.3) is 0 Å². The van der Waals surface area contributed by atoms with Gasteiger partial charge in [0.2, 0.25) is 0 Å². The number of hydrogen-bond donors (Lipinski definition) is 0. The Bertz CT molecular complexity index is 549. The third kappa shape index (κ3) is 3.70. The van der Waals surface area contributed by atoms with Crippen LogP contribution in [-0.4, -0.2) is 13.2 Å². The summed E-state index contributed by atoms with van der Waals surface area (Å²) >= 11 is 1.70. The second-order valence-electron chi connectivity index (χ2n) is 4.36. The number of benzene rings is 2. The van der Waals surface area contributed by atoms with Crippen LogP contribution in [0.3, 0.4) is 0 Å². The minimum Gasteiger partial charge on any atom is -0.490 e. The summed E-state index contributed by atoms with van der Waals surface area (Å²) in [5, 5.41) is 0. The molecule has 0 N–H and O–H groups in total. The van der Waals surface area contributed by atoms with Crippen LogP contribution in [0.4, 0.5) is 0 Å². The Morgan fingerprint density at radius 1 is 0.900 bits per heavy atom. The van der Waals surface area contributed by atoms with Crippen LogP contribution < -0.4 is 9.47 Å². The van der Waals surface area contributed by atoms with Crippen molar-refractivity contribution in [2.45, 2.75) is 30.6 Å². The summed E-state index contributed by atoms with van der Waals surface area (Å²) in [5.41, 5.74) is 1.27. The van der Waals surface area contributed by atoms with Crippen molar-refractivity contribution in [2.24, 2.45) is 0 Å². The largest absolute Gasteiger partial charge is 0.490 e. The van der Waals surface area contributed by atoms with Gasteiger partial charge in [0, 0.05) is 4.90 Å². The lowest BCUT2D eigenvalue weighted by Gasteiger charge is -2.14. The molecule has 2 nitrogen and oxygen atoms in total. The van der Waals surface area contributed by atoms with Gasteiger partial charge in [-0.15, -0.1) is 0 Å². The predicted octanol–water partition coefficient (Wildman–Crippen LogP) is 4.94.